The van der Waals surface area contributed by atoms with Crippen LogP contribution in [0.2, 0.25) is 0 Å². The minimum absolute atomic E-state index is 0.231. The monoisotopic (exact) mass is 360 g/mol. The van der Waals surface area contributed by atoms with Gasteiger partial charge in [-0.3, -0.25) is 0 Å². The van der Waals surface area contributed by atoms with Crippen LogP contribution < -0.4 is 4.74 Å². The van der Waals surface area contributed by atoms with E-state index >= 15 is 0 Å². The Bertz CT molecular complexity index is 785. The molecule has 0 aliphatic heterocycles. The molecular weight excluding hydrogens is 344 g/mol. The summed E-state index contributed by atoms with van der Waals surface area (Å²) in [5, 5.41) is 12.4. The largest absolute Gasteiger partial charge is 0.490 e. The molecule has 1 atom stereocenters. The molecule has 0 amide bonds. The fourth-order valence-corrected chi connectivity index (χ4v) is 3.00. The van der Waals surface area contributed by atoms with Gasteiger partial charge >= 0.3 is 0 Å². The van der Waals surface area contributed by atoms with Crippen molar-refractivity contribution in [1.82, 2.24) is 9.55 Å². The molecule has 1 heterocycles. The number of hydrogen-bond donors (Lipinski definition) is 1. The van der Waals surface area contributed by atoms with Crippen molar-refractivity contribution in [3.63, 3.8) is 0 Å². The SMILES string of the molecule is Cc1nccn1CC(O)COc1ccc2ccccc2c1Br. The lowest BCUT2D eigenvalue weighted by Gasteiger charge is -2.15. The molecule has 3 aromatic rings. The molecule has 0 spiro atoms. The van der Waals surface area contributed by atoms with E-state index in [2.05, 4.69) is 27.0 Å². The van der Waals surface area contributed by atoms with Crippen molar-refractivity contribution in [2.24, 2.45) is 0 Å². The number of aryl methyl sites for hydroxylation is 1. The number of imidazole rings is 1. The van der Waals surface area contributed by atoms with E-state index in [9.17, 15) is 5.11 Å². The van der Waals surface area contributed by atoms with Crippen LogP contribution in [0.3, 0.4) is 0 Å². The van der Waals surface area contributed by atoms with Crippen LogP contribution in [0.4, 0.5) is 0 Å². The molecule has 5 heteroatoms. The minimum Gasteiger partial charge on any atom is -0.490 e. The Morgan fingerprint density at radius 2 is 2.09 bits per heavy atom. The third-order valence-electron chi connectivity index (χ3n) is 3.59. The second-order valence-corrected chi connectivity index (χ2v) is 5.98. The van der Waals surface area contributed by atoms with Crippen molar-refractivity contribution in [3.8, 4) is 5.75 Å². The summed E-state index contributed by atoms with van der Waals surface area (Å²) in [4.78, 5) is 4.14. The molecule has 2 aromatic carbocycles. The first kappa shape index (κ1) is 15.1. The number of aliphatic hydroxyl groups excluding tert-OH is 1. The Morgan fingerprint density at radius 3 is 2.86 bits per heavy atom. The van der Waals surface area contributed by atoms with Crippen LogP contribution in [0.5, 0.6) is 5.75 Å². The molecule has 1 N–H and O–H groups in total. The predicted octanol–water partition coefficient (Wildman–Crippen LogP) is 3.55. The summed E-state index contributed by atoms with van der Waals surface area (Å²) in [6.07, 6.45) is 2.99. The molecule has 1 aromatic heterocycles. The minimum atomic E-state index is -0.591. The molecule has 0 saturated heterocycles. The summed E-state index contributed by atoms with van der Waals surface area (Å²) >= 11 is 3.58. The third-order valence-corrected chi connectivity index (χ3v) is 4.41. The summed E-state index contributed by atoms with van der Waals surface area (Å²) in [7, 11) is 0. The number of ether oxygens (including phenoxy) is 1. The van der Waals surface area contributed by atoms with Crippen LogP contribution >= 0.6 is 15.9 Å². The predicted molar refractivity (Wildman–Crippen MR) is 90.1 cm³/mol. The van der Waals surface area contributed by atoms with Gasteiger partial charge in [0.1, 0.15) is 24.3 Å². The van der Waals surface area contributed by atoms with Gasteiger partial charge in [-0.05, 0) is 39.7 Å². The fraction of sp³-hybridized carbons (Fsp3) is 0.235. The highest BCUT2D eigenvalue weighted by Crippen LogP contribution is 2.33. The van der Waals surface area contributed by atoms with E-state index in [0.717, 1.165) is 26.8 Å². The van der Waals surface area contributed by atoms with Gasteiger partial charge in [-0.25, -0.2) is 4.98 Å². The summed E-state index contributed by atoms with van der Waals surface area (Å²) < 4.78 is 8.58. The fourth-order valence-electron chi connectivity index (χ4n) is 2.39. The first-order chi connectivity index (χ1) is 10.6. The Labute approximate surface area is 137 Å². The van der Waals surface area contributed by atoms with Crippen LogP contribution in [0.25, 0.3) is 10.8 Å². The Balaban J connectivity index is 1.68. The van der Waals surface area contributed by atoms with Gasteiger partial charge in [0.2, 0.25) is 0 Å². The van der Waals surface area contributed by atoms with Crippen molar-refractivity contribution in [1.29, 1.82) is 0 Å². The van der Waals surface area contributed by atoms with Gasteiger partial charge in [0, 0.05) is 12.4 Å². The Hall–Kier alpha value is -1.85. The highest BCUT2D eigenvalue weighted by Gasteiger charge is 2.11. The maximum atomic E-state index is 10.1. The van der Waals surface area contributed by atoms with Gasteiger partial charge in [-0.1, -0.05) is 30.3 Å². The van der Waals surface area contributed by atoms with E-state index in [4.69, 9.17) is 4.74 Å². The van der Waals surface area contributed by atoms with Gasteiger partial charge < -0.3 is 14.4 Å². The topological polar surface area (TPSA) is 47.3 Å². The zero-order valence-electron chi connectivity index (χ0n) is 12.2. The molecule has 0 saturated carbocycles. The zero-order chi connectivity index (χ0) is 15.5. The number of hydrogen-bond acceptors (Lipinski definition) is 3. The van der Waals surface area contributed by atoms with Crippen molar-refractivity contribution in [2.75, 3.05) is 6.61 Å². The average Bonchev–Trinajstić information content (AvgIpc) is 2.92. The number of nitrogens with zero attached hydrogens (tertiary/aromatic N) is 2. The van der Waals surface area contributed by atoms with Crippen molar-refractivity contribution < 1.29 is 9.84 Å². The lowest BCUT2D eigenvalue weighted by Crippen LogP contribution is -2.23. The molecule has 0 aliphatic rings. The first-order valence-corrected chi connectivity index (χ1v) is 7.90. The average molecular weight is 361 g/mol. The molecule has 0 fully saturated rings. The zero-order valence-corrected chi connectivity index (χ0v) is 13.8. The lowest BCUT2D eigenvalue weighted by molar-refractivity contribution is 0.0917. The van der Waals surface area contributed by atoms with E-state index in [1.54, 1.807) is 6.20 Å². The number of aliphatic hydroxyl groups is 1. The second-order valence-electron chi connectivity index (χ2n) is 5.19. The molecule has 1 unspecified atom stereocenters. The van der Waals surface area contributed by atoms with Gasteiger partial charge in [-0.2, -0.15) is 0 Å². The molecule has 4 nitrogen and oxygen atoms in total. The van der Waals surface area contributed by atoms with Crippen LogP contribution in [0.15, 0.2) is 53.3 Å². The normalized spacial score (nSPS) is 12.5. The molecular formula is C17H17BrN2O2. The van der Waals surface area contributed by atoms with Gasteiger partial charge in [-0.15, -0.1) is 0 Å². The van der Waals surface area contributed by atoms with Crippen LogP contribution in [-0.2, 0) is 6.54 Å². The third kappa shape index (κ3) is 3.15. The smallest absolute Gasteiger partial charge is 0.134 e. The number of aromatic nitrogens is 2. The highest BCUT2D eigenvalue weighted by molar-refractivity contribution is 9.10. The Morgan fingerprint density at radius 1 is 1.27 bits per heavy atom. The number of benzene rings is 2. The van der Waals surface area contributed by atoms with Crippen molar-refractivity contribution in [2.45, 2.75) is 19.6 Å². The lowest BCUT2D eigenvalue weighted by atomic mass is 10.1. The molecule has 0 bridgehead atoms. The maximum Gasteiger partial charge on any atom is 0.134 e. The highest BCUT2D eigenvalue weighted by atomic mass is 79.9. The van der Waals surface area contributed by atoms with Crippen molar-refractivity contribution >= 4 is 26.7 Å². The van der Waals surface area contributed by atoms with Gasteiger partial charge in [0.15, 0.2) is 0 Å². The second kappa shape index (κ2) is 6.50. The number of halogens is 1. The maximum absolute atomic E-state index is 10.1. The molecule has 0 radical (unpaired) electrons. The summed E-state index contributed by atoms with van der Waals surface area (Å²) in [5.41, 5.74) is 0. The van der Waals surface area contributed by atoms with Crippen LogP contribution in [0.1, 0.15) is 5.82 Å². The van der Waals surface area contributed by atoms with Gasteiger partial charge in [0.25, 0.3) is 0 Å². The molecule has 114 valence electrons. The van der Waals surface area contributed by atoms with E-state index in [0.29, 0.717) is 6.54 Å². The summed E-state index contributed by atoms with van der Waals surface area (Å²) in [6, 6.07) is 12.0. The van der Waals surface area contributed by atoms with E-state index < -0.39 is 6.10 Å². The number of fused-ring (bicyclic) bond motifs is 1. The van der Waals surface area contributed by atoms with E-state index in [1.165, 1.54) is 0 Å². The molecule has 3 rings (SSSR count). The quantitative estimate of drug-likeness (QED) is 0.756. The standard InChI is InChI=1S/C17H17BrN2O2/c1-12-19-8-9-20(12)10-14(21)11-22-16-7-6-13-4-2-3-5-15(13)17(16)18/h2-9,14,21H,10-11H2,1H3. The van der Waals surface area contributed by atoms with Crippen LogP contribution in [-0.4, -0.2) is 27.4 Å². The first-order valence-electron chi connectivity index (χ1n) is 7.11. The summed E-state index contributed by atoms with van der Waals surface area (Å²) in [6.45, 7) is 2.61. The molecule has 22 heavy (non-hydrogen) atoms. The summed E-state index contributed by atoms with van der Waals surface area (Å²) in [5.74, 6) is 1.62. The van der Waals surface area contributed by atoms with Crippen LogP contribution in [0, 0.1) is 6.92 Å². The number of rotatable bonds is 5. The molecule has 0 aliphatic carbocycles. The Kier molecular flexibility index (Phi) is 4.45. The van der Waals surface area contributed by atoms with Crippen molar-refractivity contribution in [3.05, 3.63) is 59.1 Å². The van der Waals surface area contributed by atoms with E-state index in [1.807, 2.05) is 48.0 Å². The van der Waals surface area contributed by atoms with E-state index in [-0.39, 0.29) is 6.61 Å². The van der Waals surface area contributed by atoms with Gasteiger partial charge in [0.05, 0.1) is 11.0 Å².